The van der Waals surface area contributed by atoms with E-state index in [1.807, 2.05) is 6.92 Å². The van der Waals surface area contributed by atoms with Crippen LogP contribution in [0.4, 0.5) is 5.82 Å². The van der Waals surface area contributed by atoms with Crippen LogP contribution in [0, 0.1) is 11.3 Å². The topological polar surface area (TPSA) is 82.4 Å². The molecule has 1 aromatic heterocycles. The fraction of sp³-hybridized carbons (Fsp3) is 0.538. The fourth-order valence-electron chi connectivity index (χ4n) is 2.13. The minimum Gasteiger partial charge on any atom is -0.463 e. The maximum atomic E-state index is 11.4. The lowest BCUT2D eigenvalue weighted by atomic mass is 10.2. The van der Waals surface area contributed by atoms with Gasteiger partial charge in [0.05, 0.1) is 19.2 Å². The van der Waals surface area contributed by atoms with Crippen molar-refractivity contribution in [1.29, 1.82) is 5.26 Å². The number of aromatic nitrogens is 2. The third-order valence-electron chi connectivity index (χ3n) is 3.38. The quantitative estimate of drug-likeness (QED) is 0.733. The van der Waals surface area contributed by atoms with Crippen molar-refractivity contribution in [3.05, 3.63) is 18.1 Å². The summed E-state index contributed by atoms with van der Waals surface area (Å²) >= 11 is 0. The normalized spacial score (nSPS) is 17.4. The van der Waals surface area contributed by atoms with Crippen LogP contribution in [0.5, 0.6) is 0 Å². The van der Waals surface area contributed by atoms with Crippen molar-refractivity contribution in [2.75, 3.05) is 38.2 Å². The molecule has 106 valence electrons. The molecule has 20 heavy (non-hydrogen) atoms. The van der Waals surface area contributed by atoms with E-state index in [-0.39, 0.29) is 11.9 Å². The zero-order valence-corrected chi connectivity index (χ0v) is 11.6. The predicted molar refractivity (Wildman–Crippen MR) is 72.2 cm³/mol. The Kier molecular flexibility index (Phi) is 4.48. The van der Waals surface area contributed by atoms with Gasteiger partial charge >= 0.3 is 5.97 Å². The molecular formula is C13H17N5O2. The Hall–Kier alpha value is -2.20. The molecule has 1 atom stereocenters. The summed E-state index contributed by atoms with van der Waals surface area (Å²) in [5.74, 6) is 0.242. The highest BCUT2D eigenvalue weighted by Gasteiger charge is 2.22. The monoisotopic (exact) mass is 275 g/mol. The van der Waals surface area contributed by atoms with E-state index < -0.39 is 5.97 Å². The van der Waals surface area contributed by atoms with E-state index in [0.29, 0.717) is 5.82 Å². The second-order valence-corrected chi connectivity index (χ2v) is 4.56. The van der Waals surface area contributed by atoms with Gasteiger partial charge in [-0.15, -0.1) is 0 Å². The van der Waals surface area contributed by atoms with Gasteiger partial charge in [0.2, 0.25) is 5.82 Å². The first-order valence-corrected chi connectivity index (χ1v) is 6.45. The van der Waals surface area contributed by atoms with Crippen molar-refractivity contribution in [2.24, 2.45) is 0 Å². The van der Waals surface area contributed by atoms with Crippen LogP contribution in [-0.2, 0) is 4.74 Å². The number of piperazine rings is 1. The predicted octanol–water partition coefficient (Wildman–Crippen LogP) is 0.297. The minimum absolute atomic E-state index is 0.0674. The average Bonchev–Trinajstić information content (AvgIpc) is 2.53. The van der Waals surface area contributed by atoms with E-state index in [4.69, 9.17) is 5.26 Å². The van der Waals surface area contributed by atoms with Gasteiger partial charge in [0.1, 0.15) is 5.82 Å². The lowest BCUT2D eigenvalue weighted by Crippen LogP contribution is -2.49. The fourth-order valence-corrected chi connectivity index (χ4v) is 2.13. The molecule has 2 rings (SSSR count). The van der Waals surface area contributed by atoms with E-state index in [1.54, 1.807) is 12.3 Å². The first-order chi connectivity index (χ1) is 9.65. The highest BCUT2D eigenvalue weighted by atomic mass is 16.5. The highest BCUT2D eigenvalue weighted by molar-refractivity contribution is 5.85. The number of hydrogen-bond acceptors (Lipinski definition) is 7. The van der Waals surface area contributed by atoms with Crippen LogP contribution in [0.3, 0.4) is 0 Å². The van der Waals surface area contributed by atoms with Crippen LogP contribution in [-0.4, -0.2) is 60.2 Å². The van der Waals surface area contributed by atoms with Crippen molar-refractivity contribution in [3.63, 3.8) is 0 Å². The summed E-state index contributed by atoms with van der Waals surface area (Å²) in [6.45, 7) is 5.03. The number of carbonyl (C=O) groups excluding carboxylic acids is 1. The number of rotatable bonds is 3. The largest absolute Gasteiger partial charge is 0.463 e. The van der Waals surface area contributed by atoms with Crippen LogP contribution in [0.1, 0.15) is 17.5 Å². The summed E-state index contributed by atoms with van der Waals surface area (Å²) in [7, 11) is 1.31. The molecule has 0 radical (unpaired) electrons. The summed E-state index contributed by atoms with van der Waals surface area (Å²) in [5.41, 5.74) is 0. The molecule has 7 heteroatoms. The second kappa shape index (κ2) is 6.30. The third kappa shape index (κ3) is 3.03. The van der Waals surface area contributed by atoms with Gasteiger partial charge in [-0.3, -0.25) is 4.90 Å². The molecule has 1 saturated heterocycles. The van der Waals surface area contributed by atoms with Gasteiger partial charge in [-0.1, -0.05) is 0 Å². The molecule has 0 aliphatic carbocycles. The highest BCUT2D eigenvalue weighted by Crippen LogP contribution is 2.14. The van der Waals surface area contributed by atoms with Gasteiger partial charge in [0, 0.05) is 32.4 Å². The van der Waals surface area contributed by atoms with Gasteiger partial charge in [-0.2, -0.15) is 5.26 Å². The Bertz CT molecular complexity index is 520. The smallest absolute Gasteiger partial charge is 0.376 e. The van der Waals surface area contributed by atoms with Crippen LogP contribution in [0.25, 0.3) is 0 Å². The summed E-state index contributed by atoms with van der Waals surface area (Å²) in [5, 5.41) is 8.92. The SMILES string of the molecule is COC(=O)c1nccc(N2CCN(C(C)C#N)CC2)n1. The summed E-state index contributed by atoms with van der Waals surface area (Å²) in [4.78, 5) is 23.7. The van der Waals surface area contributed by atoms with Crippen LogP contribution < -0.4 is 4.90 Å². The van der Waals surface area contributed by atoms with Crippen molar-refractivity contribution < 1.29 is 9.53 Å². The van der Waals surface area contributed by atoms with Gasteiger partial charge in [0.25, 0.3) is 0 Å². The second-order valence-electron chi connectivity index (χ2n) is 4.56. The van der Waals surface area contributed by atoms with Crippen LogP contribution >= 0.6 is 0 Å². The Morgan fingerprint density at radius 3 is 2.75 bits per heavy atom. The van der Waals surface area contributed by atoms with Crippen LogP contribution in [0.15, 0.2) is 12.3 Å². The number of anilines is 1. The third-order valence-corrected chi connectivity index (χ3v) is 3.38. The molecule has 1 fully saturated rings. The number of esters is 1. The van der Waals surface area contributed by atoms with Gasteiger partial charge in [-0.25, -0.2) is 14.8 Å². The zero-order valence-electron chi connectivity index (χ0n) is 11.6. The van der Waals surface area contributed by atoms with E-state index >= 15 is 0 Å². The molecule has 0 bridgehead atoms. The van der Waals surface area contributed by atoms with E-state index in [9.17, 15) is 4.79 Å². The summed E-state index contributed by atoms with van der Waals surface area (Å²) < 4.78 is 4.61. The molecule has 0 amide bonds. The molecule has 0 N–H and O–H groups in total. The Morgan fingerprint density at radius 1 is 1.45 bits per heavy atom. The van der Waals surface area contributed by atoms with Crippen molar-refractivity contribution >= 4 is 11.8 Å². The van der Waals surface area contributed by atoms with Gasteiger partial charge in [-0.05, 0) is 13.0 Å². The number of carbonyl (C=O) groups is 1. The maximum absolute atomic E-state index is 11.4. The minimum atomic E-state index is -0.538. The van der Waals surface area contributed by atoms with Gasteiger partial charge in [0.15, 0.2) is 0 Å². The van der Waals surface area contributed by atoms with Crippen molar-refractivity contribution in [2.45, 2.75) is 13.0 Å². The number of methoxy groups -OCH3 is 1. The Labute approximate surface area is 117 Å². The number of nitrogens with zero attached hydrogens (tertiary/aromatic N) is 5. The number of ether oxygens (including phenoxy) is 1. The number of hydrogen-bond donors (Lipinski definition) is 0. The molecule has 0 aromatic carbocycles. The summed E-state index contributed by atoms with van der Waals surface area (Å²) in [6, 6.07) is 3.94. The molecule has 0 spiro atoms. The average molecular weight is 275 g/mol. The standard InChI is InChI=1S/C13H17N5O2/c1-10(9-14)17-5-7-18(8-6-17)11-3-4-15-12(16-11)13(19)20-2/h3-4,10H,5-8H2,1-2H3. The van der Waals surface area contributed by atoms with Crippen LogP contribution in [0.2, 0.25) is 0 Å². The maximum Gasteiger partial charge on any atom is 0.376 e. The Morgan fingerprint density at radius 2 is 2.15 bits per heavy atom. The zero-order chi connectivity index (χ0) is 14.5. The molecule has 0 saturated carbocycles. The van der Waals surface area contributed by atoms with Gasteiger partial charge < -0.3 is 9.64 Å². The molecule has 2 heterocycles. The lowest BCUT2D eigenvalue weighted by Gasteiger charge is -2.36. The first kappa shape index (κ1) is 14.2. The molecule has 1 aliphatic heterocycles. The number of nitriles is 1. The lowest BCUT2D eigenvalue weighted by molar-refractivity contribution is 0.0586. The van der Waals surface area contributed by atoms with Crippen molar-refractivity contribution in [3.8, 4) is 6.07 Å². The van der Waals surface area contributed by atoms with E-state index in [0.717, 1.165) is 26.2 Å². The molecular weight excluding hydrogens is 258 g/mol. The van der Waals surface area contributed by atoms with E-state index in [1.165, 1.54) is 7.11 Å². The molecule has 1 aliphatic rings. The summed E-state index contributed by atoms with van der Waals surface area (Å²) in [6.07, 6.45) is 1.55. The molecule has 1 aromatic rings. The Balaban J connectivity index is 2.04. The molecule has 1 unspecified atom stereocenters. The van der Waals surface area contributed by atoms with E-state index in [2.05, 4.69) is 30.6 Å². The first-order valence-electron chi connectivity index (χ1n) is 6.45. The van der Waals surface area contributed by atoms with Crippen molar-refractivity contribution in [1.82, 2.24) is 14.9 Å². The molecule has 7 nitrogen and oxygen atoms in total.